The normalized spacial score (nSPS) is 22.5. The number of nitrogens with zero attached hydrogens (tertiary/aromatic N) is 2. The van der Waals surface area contributed by atoms with Crippen molar-refractivity contribution in [2.75, 3.05) is 0 Å². The van der Waals surface area contributed by atoms with E-state index in [4.69, 9.17) is 11.3 Å². The second kappa shape index (κ2) is 7.29. The van der Waals surface area contributed by atoms with Crippen LogP contribution in [0.1, 0.15) is 68.5 Å². The molecule has 0 saturated heterocycles. The van der Waals surface area contributed by atoms with Crippen molar-refractivity contribution in [1.82, 2.24) is 4.98 Å². The second-order valence-electron chi connectivity index (χ2n) is 7.75. The van der Waals surface area contributed by atoms with Crippen LogP contribution in [-0.2, 0) is 13.5 Å². The zero-order chi connectivity index (χ0) is 24.5. The monoisotopic (exact) mass is 390 g/mol. The fraction of sp³-hybridized carbons (Fsp3) is 0.385. The molecular formula is C26H29N2O+. The quantitative estimate of drug-likeness (QED) is 0.379. The van der Waals surface area contributed by atoms with E-state index in [1.54, 1.807) is 12.1 Å². The maximum absolute atomic E-state index is 9.00. The van der Waals surface area contributed by atoms with E-state index in [0.29, 0.717) is 17.7 Å². The van der Waals surface area contributed by atoms with Gasteiger partial charge in [0.1, 0.15) is 7.05 Å². The average molecular weight is 391 g/mol. The summed E-state index contributed by atoms with van der Waals surface area (Å²) in [5.41, 5.74) is 5.34. The molecule has 1 fully saturated rings. The number of aryl methyl sites for hydroxylation is 3. The minimum absolute atomic E-state index is 0.0740. The molecule has 0 unspecified atom stereocenters. The maximum atomic E-state index is 9.00. The van der Waals surface area contributed by atoms with E-state index in [2.05, 4.69) is 40.9 Å². The summed E-state index contributed by atoms with van der Waals surface area (Å²) in [4.78, 5) is 4.57. The van der Waals surface area contributed by atoms with Gasteiger partial charge in [-0.05, 0) is 49.9 Å². The van der Waals surface area contributed by atoms with Crippen molar-refractivity contribution in [2.45, 2.75) is 58.2 Å². The van der Waals surface area contributed by atoms with Gasteiger partial charge in [-0.15, -0.1) is 0 Å². The van der Waals surface area contributed by atoms with E-state index in [0.717, 1.165) is 34.0 Å². The van der Waals surface area contributed by atoms with Crippen molar-refractivity contribution in [2.24, 2.45) is 7.05 Å². The minimum atomic E-state index is -2.12. The van der Waals surface area contributed by atoms with E-state index in [1.807, 2.05) is 20.0 Å². The van der Waals surface area contributed by atoms with E-state index in [-0.39, 0.29) is 18.5 Å². The summed E-state index contributed by atoms with van der Waals surface area (Å²) in [7, 11) is 2.02. The van der Waals surface area contributed by atoms with Crippen LogP contribution in [0, 0.1) is 6.92 Å². The first-order valence-electron chi connectivity index (χ1n) is 12.8. The Balaban J connectivity index is 1.74. The average Bonchev–Trinajstić information content (AvgIpc) is 3.15. The fourth-order valence-corrected chi connectivity index (χ4v) is 4.17. The molecule has 29 heavy (non-hydrogen) atoms. The molecule has 4 aromatic rings. The molecule has 0 bridgehead atoms. The molecular weight excluding hydrogens is 356 g/mol. The van der Waals surface area contributed by atoms with E-state index in [9.17, 15) is 0 Å². The molecule has 0 radical (unpaired) electrons. The molecule has 1 aromatic carbocycles. The highest BCUT2D eigenvalue weighted by atomic mass is 16.3. The van der Waals surface area contributed by atoms with E-state index in [1.165, 1.54) is 5.56 Å². The lowest BCUT2D eigenvalue weighted by Crippen LogP contribution is -2.31. The lowest BCUT2D eigenvalue weighted by molar-refractivity contribution is -0.660. The molecule has 0 amide bonds. The van der Waals surface area contributed by atoms with Gasteiger partial charge < -0.3 is 4.42 Å². The molecule has 1 aliphatic carbocycles. The Morgan fingerprint density at radius 3 is 2.66 bits per heavy atom. The van der Waals surface area contributed by atoms with Crippen LogP contribution in [0.15, 0.2) is 47.0 Å². The predicted molar refractivity (Wildman–Crippen MR) is 118 cm³/mol. The molecule has 3 heteroatoms. The van der Waals surface area contributed by atoms with Crippen molar-refractivity contribution in [3.8, 4) is 11.3 Å². The SMILES string of the molecule is [2H]C1([2H])CCCC([2H])([2H])C1([2H])c1ccc2c(n1)oc1c(-c3ccc(CC)c[n+]3C)c(C)ccc12. The van der Waals surface area contributed by atoms with Gasteiger partial charge in [0.15, 0.2) is 11.8 Å². The van der Waals surface area contributed by atoms with Crippen LogP contribution < -0.4 is 4.57 Å². The summed E-state index contributed by atoms with van der Waals surface area (Å²) in [6.45, 7) is 4.16. The maximum Gasteiger partial charge on any atom is 0.227 e. The molecule has 3 aromatic heterocycles. The Morgan fingerprint density at radius 1 is 1.10 bits per heavy atom. The highest BCUT2D eigenvalue weighted by molar-refractivity contribution is 6.08. The molecule has 0 aliphatic heterocycles. The molecule has 3 heterocycles. The van der Waals surface area contributed by atoms with Gasteiger partial charge in [-0.3, -0.25) is 0 Å². The van der Waals surface area contributed by atoms with Crippen LogP contribution in [0.2, 0.25) is 0 Å². The van der Waals surface area contributed by atoms with Crippen LogP contribution in [-0.4, -0.2) is 4.98 Å². The van der Waals surface area contributed by atoms with Crippen molar-refractivity contribution in [3.63, 3.8) is 0 Å². The third kappa shape index (κ3) is 3.13. The number of fused-ring (bicyclic) bond motifs is 3. The van der Waals surface area contributed by atoms with Gasteiger partial charge in [0.05, 0.1) is 5.56 Å². The minimum Gasteiger partial charge on any atom is -0.437 e. The largest absolute Gasteiger partial charge is 0.437 e. The number of furan rings is 1. The van der Waals surface area contributed by atoms with Crippen molar-refractivity contribution in [3.05, 3.63) is 59.4 Å². The van der Waals surface area contributed by atoms with Gasteiger partial charge in [-0.25, -0.2) is 9.55 Å². The first-order valence-corrected chi connectivity index (χ1v) is 10.3. The fourth-order valence-electron chi connectivity index (χ4n) is 4.17. The summed E-state index contributed by atoms with van der Waals surface area (Å²) in [6.07, 6.45) is -0.360. The number of hydrogen-bond donors (Lipinski definition) is 0. The number of hydrogen-bond acceptors (Lipinski definition) is 2. The standard InChI is InChI=1S/C26H29N2O/c1-4-18-11-15-23(28(3)16-18)24-17(2)10-12-20-21-13-14-22(19-8-6-5-7-9-19)27-26(21)29-25(20)24/h10-16,19H,4-9H2,1-3H3/q+1/i8D2,9D2,19D. The molecule has 0 atom stereocenters. The number of pyridine rings is 2. The van der Waals surface area contributed by atoms with Gasteiger partial charge in [0.25, 0.3) is 0 Å². The number of rotatable bonds is 3. The summed E-state index contributed by atoms with van der Waals surface area (Å²) in [5, 5.41) is 1.66. The number of aromatic nitrogens is 2. The third-order valence-electron chi connectivity index (χ3n) is 5.79. The lowest BCUT2D eigenvalue weighted by atomic mass is 9.86. The topological polar surface area (TPSA) is 29.9 Å². The van der Waals surface area contributed by atoms with Crippen LogP contribution in [0.5, 0.6) is 0 Å². The molecule has 3 nitrogen and oxygen atoms in total. The van der Waals surface area contributed by atoms with Crippen LogP contribution in [0.25, 0.3) is 33.3 Å². The van der Waals surface area contributed by atoms with E-state index >= 15 is 0 Å². The van der Waals surface area contributed by atoms with Crippen molar-refractivity contribution in [1.29, 1.82) is 0 Å². The highest BCUT2D eigenvalue weighted by Crippen LogP contribution is 2.38. The van der Waals surface area contributed by atoms with Gasteiger partial charge in [-0.2, -0.15) is 0 Å². The Kier molecular flexibility index (Phi) is 3.40. The summed E-state index contributed by atoms with van der Waals surface area (Å²) < 4.78 is 51.3. The first-order chi connectivity index (χ1) is 16.0. The summed E-state index contributed by atoms with van der Waals surface area (Å²) in [5.74, 6) is -2.12. The van der Waals surface area contributed by atoms with Gasteiger partial charge in [-0.1, -0.05) is 38.3 Å². The second-order valence-corrected chi connectivity index (χ2v) is 7.75. The zero-order valence-electron chi connectivity index (χ0n) is 22.2. The lowest BCUT2D eigenvalue weighted by Gasteiger charge is -2.20. The van der Waals surface area contributed by atoms with Crippen LogP contribution in [0.4, 0.5) is 0 Å². The Morgan fingerprint density at radius 2 is 1.90 bits per heavy atom. The van der Waals surface area contributed by atoms with Gasteiger partial charge >= 0.3 is 0 Å². The predicted octanol–water partition coefficient (Wildman–Crippen LogP) is 6.39. The molecule has 0 spiro atoms. The van der Waals surface area contributed by atoms with E-state index < -0.39 is 18.6 Å². The molecule has 1 saturated carbocycles. The Bertz CT molecular complexity index is 1410. The Hall–Kier alpha value is -2.68. The summed E-state index contributed by atoms with van der Waals surface area (Å²) in [6, 6.07) is 11.6. The van der Waals surface area contributed by atoms with Gasteiger partial charge in [0, 0.05) is 40.8 Å². The zero-order valence-corrected chi connectivity index (χ0v) is 17.2. The van der Waals surface area contributed by atoms with Gasteiger partial charge in [0.2, 0.25) is 11.4 Å². The van der Waals surface area contributed by atoms with Crippen LogP contribution in [0.3, 0.4) is 0 Å². The molecule has 1 aliphatic rings. The van der Waals surface area contributed by atoms with Crippen LogP contribution >= 0.6 is 0 Å². The summed E-state index contributed by atoms with van der Waals surface area (Å²) >= 11 is 0. The highest BCUT2D eigenvalue weighted by Gasteiger charge is 2.22. The van der Waals surface area contributed by atoms with Crippen molar-refractivity contribution >= 4 is 22.1 Å². The molecule has 0 N–H and O–H groups in total. The Labute approximate surface area is 179 Å². The first kappa shape index (κ1) is 13.5. The third-order valence-corrected chi connectivity index (χ3v) is 5.79. The molecule has 5 rings (SSSR count). The smallest absolute Gasteiger partial charge is 0.227 e. The number of benzene rings is 1. The van der Waals surface area contributed by atoms with Crippen molar-refractivity contribution < 1.29 is 15.8 Å². The molecule has 148 valence electrons.